The maximum absolute atomic E-state index is 9.83. The highest BCUT2D eigenvalue weighted by Crippen LogP contribution is 2.26. The van der Waals surface area contributed by atoms with Crippen LogP contribution >= 0.6 is 11.8 Å². The van der Waals surface area contributed by atoms with Crippen molar-refractivity contribution in [3.05, 3.63) is 29.8 Å². The van der Waals surface area contributed by atoms with Gasteiger partial charge in [0.1, 0.15) is 5.75 Å². The molecule has 1 N–H and O–H groups in total. The molecule has 1 atom stereocenters. The fourth-order valence-electron chi connectivity index (χ4n) is 1.46. The Morgan fingerprint density at radius 3 is 2.75 bits per heavy atom. The van der Waals surface area contributed by atoms with Crippen molar-refractivity contribution in [2.24, 2.45) is 0 Å². The Morgan fingerprint density at radius 1 is 1.31 bits per heavy atom. The topological polar surface area (TPSA) is 29.5 Å². The van der Waals surface area contributed by atoms with Crippen molar-refractivity contribution in [1.82, 2.24) is 0 Å². The third-order valence-corrected chi connectivity index (χ3v) is 3.22. The summed E-state index contributed by atoms with van der Waals surface area (Å²) in [5, 5.41) is 9.83. The van der Waals surface area contributed by atoms with E-state index in [1.807, 2.05) is 43.0 Å². The van der Waals surface area contributed by atoms with Crippen molar-refractivity contribution in [2.45, 2.75) is 26.4 Å². The van der Waals surface area contributed by atoms with Crippen molar-refractivity contribution in [2.75, 3.05) is 18.1 Å². The lowest BCUT2D eigenvalue weighted by Gasteiger charge is -2.14. The molecule has 1 rings (SSSR count). The number of aliphatic hydroxyl groups is 1. The molecule has 0 saturated heterocycles. The zero-order valence-electron chi connectivity index (χ0n) is 9.98. The number of para-hydroxylation sites is 1. The molecule has 0 aliphatic heterocycles. The average molecular weight is 240 g/mol. The van der Waals surface area contributed by atoms with Gasteiger partial charge in [-0.3, -0.25) is 0 Å². The van der Waals surface area contributed by atoms with E-state index in [1.165, 1.54) is 0 Å². The van der Waals surface area contributed by atoms with E-state index in [0.29, 0.717) is 13.0 Å². The standard InChI is InChI=1S/C13H20O2S/c1-3-12(14)11-7-5-6-8-13(11)15-9-10-16-4-2/h5-8,12,14H,3-4,9-10H2,1-2H3/t12-/m1/s1. The molecule has 0 aliphatic carbocycles. The molecule has 1 aromatic carbocycles. The summed E-state index contributed by atoms with van der Waals surface area (Å²) in [7, 11) is 0. The van der Waals surface area contributed by atoms with E-state index in [1.54, 1.807) is 0 Å². The molecule has 2 nitrogen and oxygen atoms in total. The highest BCUT2D eigenvalue weighted by atomic mass is 32.2. The van der Waals surface area contributed by atoms with Crippen molar-refractivity contribution in [3.8, 4) is 5.75 Å². The van der Waals surface area contributed by atoms with Crippen molar-refractivity contribution in [1.29, 1.82) is 0 Å². The van der Waals surface area contributed by atoms with E-state index in [-0.39, 0.29) is 0 Å². The molecule has 3 heteroatoms. The van der Waals surface area contributed by atoms with Crippen LogP contribution in [0.4, 0.5) is 0 Å². The van der Waals surface area contributed by atoms with Crippen LogP contribution < -0.4 is 4.74 Å². The van der Waals surface area contributed by atoms with E-state index < -0.39 is 6.10 Å². The number of rotatable bonds is 7. The smallest absolute Gasteiger partial charge is 0.125 e. The van der Waals surface area contributed by atoms with Crippen molar-refractivity contribution >= 4 is 11.8 Å². The molecule has 0 amide bonds. The van der Waals surface area contributed by atoms with Crippen molar-refractivity contribution < 1.29 is 9.84 Å². The number of hydrogen-bond donors (Lipinski definition) is 1. The molecule has 0 heterocycles. The Bertz CT molecular complexity index is 302. The Morgan fingerprint density at radius 2 is 2.06 bits per heavy atom. The third kappa shape index (κ3) is 4.06. The first-order valence-electron chi connectivity index (χ1n) is 5.77. The Kier molecular flexibility index (Phi) is 6.34. The molecule has 16 heavy (non-hydrogen) atoms. The van der Waals surface area contributed by atoms with Gasteiger partial charge in [0.25, 0.3) is 0 Å². The number of hydrogen-bond acceptors (Lipinski definition) is 3. The van der Waals surface area contributed by atoms with E-state index in [4.69, 9.17) is 4.74 Å². The molecule has 0 fully saturated rings. The number of ether oxygens (including phenoxy) is 1. The molecule has 0 spiro atoms. The van der Waals surface area contributed by atoms with Gasteiger partial charge in [-0.1, -0.05) is 32.0 Å². The third-order valence-electron chi connectivity index (χ3n) is 2.35. The predicted molar refractivity (Wildman–Crippen MR) is 70.2 cm³/mol. The second-order valence-corrected chi connectivity index (χ2v) is 4.90. The van der Waals surface area contributed by atoms with E-state index >= 15 is 0 Å². The number of thioether (sulfide) groups is 1. The molecular weight excluding hydrogens is 220 g/mol. The molecule has 0 aliphatic rings. The lowest BCUT2D eigenvalue weighted by molar-refractivity contribution is 0.168. The van der Waals surface area contributed by atoms with Gasteiger partial charge >= 0.3 is 0 Å². The predicted octanol–water partition coefficient (Wildman–Crippen LogP) is 3.26. The van der Waals surface area contributed by atoms with Crippen LogP contribution in [0.3, 0.4) is 0 Å². The fraction of sp³-hybridized carbons (Fsp3) is 0.538. The summed E-state index contributed by atoms with van der Waals surface area (Å²) in [4.78, 5) is 0. The zero-order chi connectivity index (χ0) is 11.8. The maximum Gasteiger partial charge on any atom is 0.125 e. The first kappa shape index (κ1) is 13.4. The van der Waals surface area contributed by atoms with Crippen LogP contribution in [0.15, 0.2) is 24.3 Å². The summed E-state index contributed by atoms with van der Waals surface area (Å²) in [5.41, 5.74) is 0.895. The van der Waals surface area contributed by atoms with Crippen LogP contribution in [0.2, 0.25) is 0 Å². The monoisotopic (exact) mass is 240 g/mol. The second kappa shape index (κ2) is 7.58. The molecule has 1 aromatic rings. The summed E-state index contributed by atoms with van der Waals surface area (Å²) < 4.78 is 5.68. The summed E-state index contributed by atoms with van der Waals surface area (Å²) in [6.07, 6.45) is 0.291. The molecule has 0 saturated carbocycles. The highest BCUT2D eigenvalue weighted by Gasteiger charge is 2.10. The largest absolute Gasteiger partial charge is 0.492 e. The minimum Gasteiger partial charge on any atom is -0.492 e. The van der Waals surface area contributed by atoms with Gasteiger partial charge in [-0.15, -0.1) is 0 Å². The summed E-state index contributed by atoms with van der Waals surface area (Å²) in [6.45, 7) is 4.81. The molecule has 90 valence electrons. The quantitative estimate of drug-likeness (QED) is 0.742. The van der Waals surface area contributed by atoms with Gasteiger partial charge < -0.3 is 9.84 Å². The first-order valence-corrected chi connectivity index (χ1v) is 6.92. The lowest BCUT2D eigenvalue weighted by atomic mass is 10.1. The minimum atomic E-state index is -0.421. The van der Waals surface area contributed by atoms with Gasteiger partial charge in [-0.2, -0.15) is 11.8 Å². The van der Waals surface area contributed by atoms with E-state index in [9.17, 15) is 5.11 Å². The zero-order valence-corrected chi connectivity index (χ0v) is 10.8. The van der Waals surface area contributed by atoms with Crippen LogP contribution in [0.25, 0.3) is 0 Å². The molecule has 0 bridgehead atoms. The maximum atomic E-state index is 9.83. The molecular formula is C13H20O2S. The van der Waals surface area contributed by atoms with Gasteiger partial charge in [-0.25, -0.2) is 0 Å². The van der Waals surface area contributed by atoms with Crippen LogP contribution in [0, 0.1) is 0 Å². The molecule has 0 aromatic heterocycles. The first-order chi connectivity index (χ1) is 7.79. The summed E-state index contributed by atoms with van der Waals surface area (Å²) in [5.74, 6) is 2.92. The number of benzene rings is 1. The summed E-state index contributed by atoms with van der Waals surface area (Å²) in [6, 6.07) is 7.72. The average Bonchev–Trinajstić information content (AvgIpc) is 2.34. The number of aliphatic hydroxyl groups excluding tert-OH is 1. The van der Waals surface area contributed by atoms with Gasteiger partial charge in [-0.05, 0) is 18.2 Å². The normalized spacial score (nSPS) is 12.4. The van der Waals surface area contributed by atoms with Gasteiger partial charge in [0, 0.05) is 11.3 Å². The molecule has 0 radical (unpaired) electrons. The van der Waals surface area contributed by atoms with Gasteiger partial charge in [0.2, 0.25) is 0 Å². The van der Waals surface area contributed by atoms with Gasteiger partial charge in [0.05, 0.1) is 12.7 Å². The Hall–Kier alpha value is -0.670. The van der Waals surface area contributed by atoms with Crippen LogP contribution in [-0.4, -0.2) is 23.2 Å². The molecule has 0 unspecified atom stereocenters. The van der Waals surface area contributed by atoms with Crippen LogP contribution in [0.1, 0.15) is 31.9 Å². The van der Waals surface area contributed by atoms with Crippen molar-refractivity contribution in [3.63, 3.8) is 0 Å². The van der Waals surface area contributed by atoms with Gasteiger partial charge in [0.15, 0.2) is 0 Å². The SMILES string of the molecule is CCSCCOc1ccccc1[C@H](O)CC. The Labute approximate surface area is 102 Å². The lowest BCUT2D eigenvalue weighted by Crippen LogP contribution is -2.05. The van der Waals surface area contributed by atoms with E-state index in [0.717, 1.165) is 22.8 Å². The fourth-order valence-corrected chi connectivity index (χ4v) is 1.95. The van der Waals surface area contributed by atoms with Crippen LogP contribution in [-0.2, 0) is 0 Å². The highest BCUT2D eigenvalue weighted by molar-refractivity contribution is 7.99. The van der Waals surface area contributed by atoms with Crippen LogP contribution in [0.5, 0.6) is 5.75 Å². The summed E-state index contributed by atoms with van der Waals surface area (Å²) >= 11 is 1.86. The second-order valence-electron chi connectivity index (χ2n) is 3.51. The van der Waals surface area contributed by atoms with E-state index in [2.05, 4.69) is 6.92 Å². The Balaban J connectivity index is 2.57. The minimum absolute atomic E-state index is 0.421.